The highest BCUT2D eigenvalue weighted by Gasteiger charge is 2.19. The highest BCUT2D eigenvalue weighted by atomic mass is 35.5. The number of alkyl halides is 1. The van der Waals surface area contributed by atoms with Crippen LogP contribution in [-0.4, -0.2) is 14.2 Å². The van der Waals surface area contributed by atoms with Gasteiger partial charge in [0.05, 0.1) is 19.6 Å². The second kappa shape index (κ2) is 6.33. The summed E-state index contributed by atoms with van der Waals surface area (Å²) in [7, 11) is 3.12. The molecule has 0 aromatic heterocycles. The lowest BCUT2D eigenvalue weighted by Gasteiger charge is -2.16. The van der Waals surface area contributed by atoms with E-state index < -0.39 is 11.2 Å². The number of ether oxygens (including phenoxy) is 2. The average Bonchev–Trinajstić information content (AvgIpc) is 2.46. The van der Waals surface area contributed by atoms with Crippen molar-refractivity contribution in [2.45, 2.75) is 5.38 Å². The van der Waals surface area contributed by atoms with E-state index in [2.05, 4.69) is 0 Å². The number of hydrogen-bond acceptors (Lipinski definition) is 2. The molecule has 106 valence electrons. The molecule has 0 amide bonds. The molecule has 2 rings (SSSR count). The Morgan fingerprint density at radius 2 is 1.70 bits per heavy atom. The molecular formula is C15H13Cl2FO2. The monoisotopic (exact) mass is 314 g/mol. The largest absolute Gasteiger partial charge is 0.497 e. The molecule has 0 aliphatic rings. The lowest BCUT2D eigenvalue weighted by atomic mass is 10.0. The van der Waals surface area contributed by atoms with Gasteiger partial charge in [0.2, 0.25) is 0 Å². The number of methoxy groups -OCH3 is 2. The van der Waals surface area contributed by atoms with E-state index in [1.807, 2.05) is 0 Å². The predicted molar refractivity (Wildman–Crippen MR) is 78.7 cm³/mol. The molecule has 0 aliphatic carbocycles. The molecule has 0 saturated heterocycles. The molecule has 20 heavy (non-hydrogen) atoms. The first kappa shape index (κ1) is 14.9. The molecule has 2 nitrogen and oxygen atoms in total. The second-order valence-corrected chi connectivity index (χ2v) is 4.98. The minimum atomic E-state index is -0.538. The van der Waals surface area contributed by atoms with Crippen LogP contribution in [0.15, 0.2) is 36.4 Å². The van der Waals surface area contributed by atoms with Crippen molar-refractivity contribution >= 4 is 23.2 Å². The molecule has 1 unspecified atom stereocenters. The minimum absolute atomic E-state index is 0.280. The van der Waals surface area contributed by atoms with Crippen molar-refractivity contribution in [3.05, 3.63) is 58.4 Å². The van der Waals surface area contributed by atoms with E-state index in [1.54, 1.807) is 38.5 Å². The first-order valence-corrected chi connectivity index (χ1v) is 6.69. The van der Waals surface area contributed by atoms with Gasteiger partial charge in [-0.25, -0.2) is 4.39 Å². The Balaban J connectivity index is 2.44. The molecule has 0 spiro atoms. The summed E-state index contributed by atoms with van der Waals surface area (Å²) in [4.78, 5) is 0. The van der Waals surface area contributed by atoms with Gasteiger partial charge >= 0.3 is 0 Å². The van der Waals surface area contributed by atoms with Crippen LogP contribution >= 0.6 is 23.2 Å². The summed E-state index contributed by atoms with van der Waals surface area (Å²) in [5.41, 5.74) is 1.36. The van der Waals surface area contributed by atoms with Crippen LogP contribution in [0.1, 0.15) is 16.5 Å². The van der Waals surface area contributed by atoms with Crippen LogP contribution in [0, 0.1) is 5.82 Å². The maximum atomic E-state index is 13.1. The van der Waals surface area contributed by atoms with Gasteiger partial charge in [0.1, 0.15) is 17.3 Å². The molecule has 0 fully saturated rings. The Morgan fingerprint density at radius 1 is 1.00 bits per heavy atom. The molecule has 2 aromatic rings. The lowest BCUT2D eigenvalue weighted by Crippen LogP contribution is -1.99. The third kappa shape index (κ3) is 3.00. The van der Waals surface area contributed by atoms with Crippen molar-refractivity contribution in [1.82, 2.24) is 0 Å². The Labute approximate surface area is 127 Å². The fourth-order valence-corrected chi connectivity index (χ4v) is 2.61. The fourth-order valence-electron chi connectivity index (χ4n) is 1.90. The summed E-state index contributed by atoms with van der Waals surface area (Å²) in [5, 5.41) is -0.258. The maximum absolute atomic E-state index is 13.1. The van der Waals surface area contributed by atoms with Crippen molar-refractivity contribution < 1.29 is 13.9 Å². The van der Waals surface area contributed by atoms with E-state index in [0.29, 0.717) is 17.1 Å². The summed E-state index contributed by atoms with van der Waals surface area (Å²) in [6.07, 6.45) is 0. The standard InChI is InChI=1S/C15H13Cl2FO2/c1-19-10-4-6-12(14(8-10)20-2)15(17)11-5-3-9(18)7-13(11)16/h3-8,15H,1-2H3. The Kier molecular flexibility index (Phi) is 4.73. The first-order valence-electron chi connectivity index (χ1n) is 5.87. The number of hydrogen-bond donors (Lipinski definition) is 0. The Bertz CT molecular complexity index is 617. The van der Waals surface area contributed by atoms with E-state index in [-0.39, 0.29) is 5.02 Å². The SMILES string of the molecule is COc1ccc(C(Cl)c2ccc(F)cc2Cl)c(OC)c1. The molecule has 0 N–H and O–H groups in total. The lowest BCUT2D eigenvalue weighted by molar-refractivity contribution is 0.391. The molecule has 0 saturated carbocycles. The van der Waals surface area contributed by atoms with E-state index in [0.717, 1.165) is 5.56 Å². The molecular weight excluding hydrogens is 302 g/mol. The molecule has 5 heteroatoms. The van der Waals surface area contributed by atoms with Crippen LogP contribution < -0.4 is 9.47 Å². The number of rotatable bonds is 4. The maximum Gasteiger partial charge on any atom is 0.127 e. The Morgan fingerprint density at radius 3 is 2.30 bits per heavy atom. The highest BCUT2D eigenvalue weighted by Crippen LogP contribution is 2.39. The summed E-state index contributed by atoms with van der Waals surface area (Å²) in [6.45, 7) is 0. The second-order valence-electron chi connectivity index (χ2n) is 4.14. The van der Waals surface area contributed by atoms with Gasteiger partial charge < -0.3 is 9.47 Å². The Hall–Kier alpha value is -1.45. The van der Waals surface area contributed by atoms with Crippen LogP contribution in [0.5, 0.6) is 11.5 Å². The van der Waals surface area contributed by atoms with E-state index >= 15 is 0 Å². The van der Waals surface area contributed by atoms with Gasteiger partial charge in [0, 0.05) is 16.7 Å². The van der Waals surface area contributed by atoms with Crippen molar-refractivity contribution in [3.63, 3.8) is 0 Å². The number of benzene rings is 2. The fraction of sp³-hybridized carbons (Fsp3) is 0.200. The molecule has 1 atom stereocenters. The summed E-state index contributed by atoms with van der Waals surface area (Å²) in [5.74, 6) is 0.855. The van der Waals surface area contributed by atoms with Crippen LogP contribution in [-0.2, 0) is 0 Å². The topological polar surface area (TPSA) is 18.5 Å². The van der Waals surface area contributed by atoms with Gasteiger partial charge in [-0.1, -0.05) is 17.7 Å². The van der Waals surface area contributed by atoms with Crippen molar-refractivity contribution in [2.75, 3.05) is 14.2 Å². The van der Waals surface area contributed by atoms with E-state index in [4.69, 9.17) is 32.7 Å². The van der Waals surface area contributed by atoms with Crippen molar-refractivity contribution in [3.8, 4) is 11.5 Å². The summed E-state index contributed by atoms with van der Waals surface area (Å²) < 4.78 is 23.5. The zero-order valence-corrected chi connectivity index (χ0v) is 12.5. The van der Waals surface area contributed by atoms with Crippen molar-refractivity contribution in [1.29, 1.82) is 0 Å². The van der Waals surface area contributed by atoms with Gasteiger partial charge in [-0.05, 0) is 29.8 Å². The van der Waals surface area contributed by atoms with Crippen LogP contribution in [0.4, 0.5) is 4.39 Å². The zero-order chi connectivity index (χ0) is 14.7. The predicted octanol–water partition coefficient (Wildman–Crippen LogP) is 4.82. The van der Waals surface area contributed by atoms with E-state index in [9.17, 15) is 4.39 Å². The molecule has 2 aromatic carbocycles. The van der Waals surface area contributed by atoms with Crippen molar-refractivity contribution in [2.24, 2.45) is 0 Å². The van der Waals surface area contributed by atoms with Gasteiger partial charge in [-0.2, -0.15) is 0 Å². The normalized spacial score (nSPS) is 12.1. The van der Waals surface area contributed by atoms with Crippen LogP contribution in [0.3, 0.4) is 0 Å². The number of halogens is 3. The highest BCUT2D eigenvalue weighted by molar-refractivity contribution is 6.33. The van der Waals surface area contributed by atoms with Gasteiger partial charge in [0.25, 0.3) is 0 Å². The van der Waals surface area contributed by atoms with Gasteiger partial charge in [-0.3, -0.25) is 0 Å². The summed E-state index contributed by atoms with van der Waals surface area (Å²) in [6, 6.07) is 9.45. The molecule has 0 radical (unpaired) electrons. The molecule has 0 heterocycles. The molecule has 0 bridgehead atoms. The first-order chi connectivity index (χ1) is 9.56. The van der Waals surface area contributed by atoms with E-state index in [1.165, 1.54) is 12.1 Å². The van der Waals surface area contributed by atoms with Crippen LogP contribution in [0.25, 0.3) is 0 Å². The third-order valence-corrected chi connectivity index (χ3v) is 3.75. The summed E-state index contributed by atoms with van der Waals surface area (Å²) >= 11 is 12.5. The smallest absolute Gasteiger partial charge is 0.127 e. The molecule has 0 aliphatic heterocycles. The minimum Gasteiger partial charge on any atom is -0.497 e. The zero-order valence-electron chi connectivity index (χ0n) is 11.0. The quantitative estimate of drug-likeness (QED) is 0.753. The van der Waals surface area contributed by atoms with Gasteiger partial charge in [-0.15, -0.1) is 11.6 Å². The average molecular weight is 315 g/mol. The van der Waals surface area contributed by atoms with Crippen LogP contribution in [0.2, 0.25) is 5.02 Å². The third-order valence-electron chi connectivity index (χ3n) is 2.95. The van der Waals surface area contributed by atoms with Gasteiger partial charge in [0.15, 0.2) is 0 Å².